The molecule has 0 aliphatic rings. The van der Waals surface area contributed by atoms with Gasteiger partial charge in [0.2, 0.25) is 0 Å². The van der Waals surface area contributed by atoms with Crippen LogP contribution in [-0.4, -0.2) is 14.8 Å². The van der Waals surface area contributed by atoms with Crippen LogP contribution in [0.5, 0.6) is 0 Å². The molecule has 0 bridgehead atoms. The second kappa shape index (κ2) is 4.05. The van der Waals surface area contributed by atoms with E-state index in [1.54, 1.807) is 0 Å². The Balaban J connectivity index is 2.96. The molecule has 0 saturated carbocycles. The molecule has 0 nitrogen and oxygen atoms in total. The number of halogens is 1. The van der Waals surface area contributed by atoms with Crippen molar-refractivity contribution >= 4 is 29.1 Å². The van der Waals surface area contributed by atoms with E-state index in [0.29, 0.717) is 0 Å². The first-order valence-electron chi connectivity index (χ1n) is 3.33. The van der Waals surface area contributed by atoms with Crippen LogP contribution in [0.25, 0.3) is 0 Å². The monoisotopic (exact) mass is 216 g/mol. The van der Waals surface area contributed by atoms with Gasteiger partial charge in [-0.05, 0) is 0 Å². The molecule has 1 atom stereocenters. The molecule has 0 radical (unpaired) electrons. The average Bonchev–Trinajstić information content (AvgIpc) is 2.04. The van der Waals surface area contributed by atoms with Gasteiger partial charge in [0.15, 0.2) is 0 Å². The van der Waals surface area contributed by atoms with Crippen LogP contribution >= 0.6 is 9.95 Å². The zero-order valence-electron chi connectivity index (χ0n) is 5.89. The van der Waals surface area contributed by atoms with Crippen molar-refractivity contribution in [3.63, 3.8) is 0 Å². The summed E-state index contributed by atoms with van der Waals surface area (Å²) in [5.41, 5.74) is 1.41. The molecule has 0 N–H and O–H groups in total. The van der Waals surface area contributed by atoms with Gasteiger partial charge in [-0.1, -0.05) is 0 Å². The summed E-state index contributed by atoms with van der Waals surface area (Å²) in [6.07, 6.45) is 1.10. The van der Waals surface area contributed by atoms with Gasteiger partial charge in [0.1, 0.15) is 0 Å². The number of hydrogen-bond donors (Lipinski definition) is 0. The Hall–Kier alpha value is 0.0684. The van der Waals surface area contributed by atoms with Crippen molar-refractivity contribution in [2.24, 2.45) is 0 Å². The quantitative estimate of drug-likeness (QED) is 0.657. The van der Waals surface area contributed by atoms with Crippen molar-refractivity contribution in [3.05, 3.63) is 29.8 Å². The second-order valence-corrected chi connectivity index (χ2v) is 4.61. The fourth-order valence-corrected chi connectivity index (χ4v) is 3.01. The van der Waals surface area contributed by atoms with E-state index < -0.39 is 0 Å². The van der Waals surface area contributed by atoms with Gasteiger partial charge in [0, 0.05) is 0 Å². The molecule has 0 spiro atoms. The average molecular weight is 217 g/mol. The van der Waals surface area contributed by atoms with E-state index in [-0.39, 0.29) is 14.8 Å². The molecule has 10 heavy (non-hydrogen) atoms. The first-order chi connectivity index (χ1) is 4.88. The standard InChI is InChI=1S/C8H10AsCl/c1-2-7-5-3-4-6-8(7)9-10/h3-6,9H,2H2,1H3. The van der Waals surface area contributed by atoms with Crippen LogP contribution in [0.15, 0.2) is 24.3 Å². The molecule has 0 fully saturated rings. The van der Waals surface area contributed by atoms with Crippen LogP contribution in [-0.2, 0) is 6.42 Å². The third kappa shape index (κ3) is 1.78. The fraction of sp³-hybridized carbons (Fsp3) is 0.250. The Bertz CT molecular complexity index is 187. The molecule has 0 heterocycles. The predicted octanol–water partition coefficient (Wildman–Crippen LogP) is 1.46. The molecular formula is C8H10AsCl. The first kappa shape index (κ1) is 8.17. The van der Waals surface area contributed by atoms with Crippen LogP contribution in [0, 0.1) is 0 Å². The Morgan fingerprint density at radius 3 is 2.60 bits per heavy atom. The van der Waals surface area contributed by atoms with E-state index in [1.165, 1.54) is 9.91 Å². The van der Waals surface area contributed by atoms with Crippen LogP contribution in [0.2, 0.25) is 0 Å². The molecule has 2 heteroatoms. The van der Waals surface area contributed by atoms with Crippen LogP contribution in [0.3, 0.4) is 0 Å². The molecule has 1 aromatic carbocycles. The summed E-state index contributed by atoms with van der Waals surface area (Å²) in [5, 5.41) is 0. The van der Waals surface area contributed by atoms with Gasteiger partial charge in [-0.15, -0.1) is 0 Å². The fourth-order valence-electron chi connectivity index (χ4n) is 0.921. The Kier molecular flexibility index (Phi) is 3.31. The van der Waals surface area contributed by atoms with Crippen LogP contribution < -0.4 is 4.35 Å². The van der Waals surface area contributed by atoms with Gasteiger partial charge in [0.05, 0.1) is 0 Å². The Morgan fingerprint density at radius 2 is 2.10 bits per heavy atom. The van der Waals surface area contributed by atoms with Gasteiger partial charge in [-0.3, -0.25) is 0 Å². The molecule has 0 aliphatic heterocycles. The number of rotatable bonds is 2. The van der Waals surface area contributed by atoms with Gasteiger partial charge < -0.3 is 0 Å². The molecule has 54 valence electrons. The van der Waals surface area contributed by atoms with E-state index in [0.717, 1.165) is 6.42 Å². The normalized spacial score (nSPS) is 11.0. The summed E-state index contributed by atoms with van der Waals surface area (Å²) >= 11 is -0.366. The van der Waals surface area contributed by atoms with Gasteiger partial charge in [-0.2, -0.15) is 0 Å². The van der Waals surface area contributed by atoms with Crippen LogP contribution in [0.4, 0.5) is 0 Å². The number of aryl methyl sites for hydroxylation is 1. The van der Waals surface area contributed by atoms with Crippen LogP contribution in [0.1, 0.15) is 12.5 Å². The van der Waals surface area contributed by atoms with E-state index in [2.05, 4.69) is 31.2 Å². The molecule has 1 unspecified atom stereocenters. The minimum absolute atomic E-state index is 0.366. The summed E-state index contributed by atoms with van der Waals surface area (Å²) in [6, 6.07) is 8.41. The summed E-state index contributed by atoms with van der Waals surface area (Å²) in [6.45, 7) is 2.16. The molecular weight excluding hydrogens is 206 g/mol. The Morgan fingerprint density at radius 1 is 1.40 bits per heavy atom. The van der Waals surface area contributed by atoms with E-state index in [9.17, 15) is 0 Å². The summed E-state index contributed by atoms with van der Waals surface area (Å²) in [5.74, 6) is 0. The van der Waals surface area contributed by atoms with Crippen molar-refractivity contribution in [1.29, 1.82) is 0 Å². The topological polar surface area (TPSA) is 0 Å². The second-order valence-electron chi connectivity index (χ2n) is 2.11. The number of benzene rings is 1. The summed E-state index contributed by atoms with van der Waals surface area (Å²) in [4.78, 5) is 0. The van der Waals surface area contributed by atoms with Crippen molar-refractivity contribution in [1.82, 2.24) is 0 Å². The number of hydrogen-bond acceptors (Lipinski definition) is 0. The van der Waals surface area contributed by atoms with E-state index in [4.69, 9.17) is 9.95 Å². The Labute approximate surface area is 72.4 Å². The molecule has 0 aliphatic carbocycles. The van der Waals surface area contributed by atoms with Crippen molar-refractivity contribution in [2.75, 3.05) is 0 Å². The van der Waals surface area contributed by atoms with E-state index >= 15 is 0 Å². The van der Waals surface area contributed by atoms with Crippen molar-refractivity contribution < 1.29 is 0 Å². The summed E-state index contributed by atoms with van der Waals surface area (Å²) in [7, 11) is 5.84. The van der Waals surface area contributed by atoms with Gasteiger partial charge in [0.25, 0.3) is 0 Å². The molecule has 1 aromatic rings. The van der Waals surface area contributed by atoms with Crippen molar-refractivity contribution in [3.8, 4) is 0 Å². The zero-order chi connectivity index (χ0) is 7.40. The first-order valence-corrected chi connectivity index (χ1v) is 7.13. The maximum absolute atomic E-state index is 5.84. The molecule has 1 rings (SSSR count). The third-order valence-electron chi connectivity index (χ3n) is 1.50. The molecule has 0 amide bonds. The molecule has 0 aromatic heterocycles. The summed E-state index contributed by atoms with van der Waals surface area (Å²) < 4.78 is 1.38. The van der Waals surface area contributed by atoms with Gasteiger partial charge in [-0.25, -0.2) is 0 Å². The van der Waals surface area contributed by atoms with E-state index in [1.807, 2.05) is 0 Å². The zero-order valence-corrected chi connectivity index (χ0v) is 8.75. The minimum atomic E-state index is -0.366. The van der Waals surface area contributed by atoms with Gasteiger partial charge >= 0.3 is 72.3 Å². The van der Waals surface area contributed by atoms with Crippen molar-refractivity contribution in [2.45, 2.75) is 13.3 Å². The SMILES string of the molecule is CCc1ccccc1[AsH]Cl. The maximum atomic E-state index is 5.84. The molecule has 0 saturated heterocycles. The predicted molar refractivity (Wildman–Crippen MR) is 48.5 cm³/mol. The third-order valence-corrected chi connectivity index (χ3v) is 4.01.